The van der Waals surface area contributed by atoms with E-state index in [1.54, 1.807) is 0 Å². The Labute approximate surface area is 89.6 Å². The molecule has 0 saturated heterocycles. The van der Waals surface area contributed by atoms with Gasteiger partial charge in [0.25, 0.3) is 5.91 Å². The van der Waals surface area contributed by atoms with Crippen molar-refractivity contribution in [3.05, 3.63) is 18.5 Å². The summed E-state index contributed by atoms with van der Waals surface area (Å²) in [6, 6.07) is 0. The van der Waals surface area contributed by atoms with Crippen LogP contribution in [0.4, 0.5) is 5.13 Å². The third-order valence-electron chi connectivity index (χ3n) is 1.24. The molecule has 0 unspecified atom stereocenters. The predicted octanol–water partition coefficient (Wildman–Crippen LogP) is -0.488. The number of nitrogen functional groups attached to an aromatic ring is 1. The summed E-state index contributed by atoms with van der Waals surface area (Å²) in [5.74, 6) is -0.717. The van der Waals surface area contributed by atoms with E-state index < -0.39 is 5.91 Å². The molecule has 1 aromatic rings. The van der Waals surface area contributed by atoms with Crippen molar-refractivity contribution < 1.29 is 9.63 Å². The number of nitrogens with two attached hydrogens (primary N) is 2. The number of anilines is 1. The number of aromatic nitrogens is 2. The standard InChI is InChI=1S/C7H9N5O2S/c1-2-3-14-11-4(5(8)13)6-10-7(9)15-12-6/h2H,1,3H2,(H2,8,13)(H2,9,10,12). The maximum absolute atomic E-state index is 11.0. The zero-order chi connectivity index (χ0) is 11.3. The first kappa shape index (κ1) is 11.1. The molecular formula is C7H9N5O2S. The minimum absolute atomic E-state index is 0.0639. The highest BCUT2D eigenvalue weighted by atomic mass is 32.1. The number of amides is 1. The fraction of sp³-hybridized carbons (Fsp3) is 0.143. The Bertz CT molecular complexity index is 400. The first-order valence-electron chi connectivity index (χ1n) is 3.85. The van der Waals surface area contributed by atoms with E-state index in [1.807, 2.05) is 0 Å². The first-order valence-corrected chi connectivity index (χ1v) is 4.62. The number of rotatable bonds is 5. The van der Waals surface area contributed by atoms with Crippen molar-refractivity contribution in [3.8, 4) is 0 Å². The van der Waals surface area contributed by atoms with Crippen LogP contribution in [0, 0.1) is 0 Å². The highest BCUT2D eigenvalue weighted by molar-refractivity contribution is 7.09. The summed E-state index contributed by atoms with van der Waals surface area (Å²) in [5, 5.41) is 3.72. The zero-order valence-electron chi connectivity index (χ0n) is 7.71. The molecule has 0 radical (unpaired) electrons. The van der Waals surface area contributed by atoms with E-state index in [0.717, 1.165) is 11.5 Å². The van der Waals surface area contributed by atoms with Gasteiger partial charge in [0.2, 0.25) is 11.5 Å². The first-order chi connectivity index (χ1) is 7.15. The second-order valence-electron chi connectivity index (χ2n) is 2.34. The van der Waals surface area contributed by atoms with Crippen LogP contribution >= 0.6 is 11.5 Å². The lowest BCUT2D eigenvalue weighted by Crippen LogP contribution is -2.25. The largest absolute Gasteiger partial charge is 0.391 e. The molecule has 0 fully saturated rings. The number of nitrogens with zero attached hydrogens (tertiary/aromatic N) is 3. The molecule has 0 atom stereocenters. The van der Waals surface area contributed by atoms with Crippen LogP contribution in [0.5, 0.6) is 0 Å². The van der Waals surface area contributed by atoms with Gasteiger partial charge < -0.3 is 16.3 Å². The highest BCUT2D eigenvalue weighted by Crippen LogP contribution is 2.06. The molecule has 1 amide bonds. The molecule has 0 aliphatic rings. The molecule has 0 bridgehead atoms. The van der Waals surface area contributed by atoms with Crippen LogP contribution in [-0.2, 0) is 9.63 Å². The fourth-order valence-corrected chi connectivity index (χ4v) is 1.12. The average Bonchev–Trinajstić information content (AvgIpc) is 2.59. The van der Waals surface area contributed by atoms with E-state index in [-0.39, 0.29) is 23.3 Å². The van der Waals surface area contributed by atoms with Gasteiger partial charge in [-0.25, -0.2) is 0 Å². The smallest absolute Gasteiger partial charge is 0.274 e. The van der Waals surface area contributed by atoms with Crippen molar-refractivity contribution in [3.63, 3.8) is 0 Å². The maximum atomic E-state index is 11.0. The van der Waals surface area contributed by atoms with Crippen LogP contribution in [-0.4, -0.2) is 27.6 Å². The number of carbonyl (C=O) groups excluding carboxylic acids is 1. The summed E-state index contributed by atoms with van der Waals surface area (Å²) in [6.07, 6.45) is 1.48. The molecule has 4 N–H and O–H groups in total. The molecule has 8 heteroatoms. The van der Waals surface area contributed by atoms with Crippen molar-refractivity contribution in [2.24, 2.45) is 10.9 Å². The summed E-state index contributed by atoms with van der Waals surface area (Å²) < 4.78 is 3.78. The van der Waals surface area contributed by atoms with Gasteiger partial charge in [-0.15, -0.1) is 0 Å². The van der Waals surface area contributed by atoms with Crippen molar-refractivity contribution in [1.82, 2.24) is 9.36 Å². The molecule has 80 valence electrons. The lowest BCUT2D eigenvalue weighted by molar-refractivity contribution is -0.112. The Kier molecular flexibility index (Phi) is 3.75. The van der Waals surface area contributed by atoms with Gasteiger partial charge >= 0.3 is 0 Å². The summed E-state index contributed by atoms with van der Waals surface area (Å²) in [4.78, 5) is 19.5. The van der Waals surface area contributed by atoms with Crippen LogP contribution in [0.2, 0.25) is 0 Å². The normalized spacial score (nSPS) is 11.1. The molecule has 1 aromatic heterocycles. The van der Waals surface area contributed by atoms with Gasteiger partial charge in [0.05, 0.1) is 0 Å². The van der Waals surface area contributed by atoms with Crippen molar-refractivity contribution in [2.45, 2.75) is 0 Å². The number of hydrogen-bond donors (Lipinski definition) is 2. The average molecular weight is 227 g/mol. The lowest BCUT2D eigenvalue weighted by Gasteiger charge is -1.96. The van der Waals surface area contributed by atoms with E-state index in [9.17, 15) is 4.79 Å². The molecule has 0 aromatic carbocycles. The van der Waals surface area contributed by atoms with Gasteiger partial charge in [-0.3, -0.25) is 4.79 Å². The van der Waals surface area contributed by atoms with Crippen LogP contribution in [0.3, 0.4) is 0 Å². The minimum Gasteiger partial charge on any atom is -0.391 e. The molecule has 1 heterocycles. The molecule has 1 rings (SSSR count). The van der Waals surface area contributed by atoms with Crippen molar-refractivity contribution >= 4 is 28.3 Å². The Hall–Kier alpha value is -1.96. The molecule has 0 aliphatic carbocycles. The molecular weight excluding hydrogens is 218 g/mol. The maximum Gasteiger partial charge on any atom is 0.274 e. The van der Waals surface area contributed by atoms with Crippen LogP contribution in [0.1, 0.15) is 5.82 Å². The van der Waals surface area contributed by atoms with Gasteiger partial charge in [-0.1, -0.05) is 17.8 Å². The Morgan fingerprint density at radius 2 is 2.47 bits per heavy atom. The van der Waals surface area contributed by atoms with E-state index in [0.29, 0.717) is 0 Å². The molecule has 0 aliphatic heterocycles. The predicted molar refractivity (Wildman–Crippen MR) is 56.2 cm³/mol. The van der Waals surface area contributed by atoms with Gasteiger partial charge in [0, 0.05) is 11.5 Å². The minimum atomic E-state index is -0.781. The van der Waals surface area contributed by atoms with E-state index in [4.69, 9.17) is 16.3 Å². The number of primary amides is 1. The SMILES string of the molecule is C=CCON=C(C(N)=O)c1nsc(N)n1. The lowest BCUT2D eigenvalue weighted by atomic mass is 10.3. The van der Waals surface area contributed by atoms with Crippen LogP contribution in [0.25, 0.3) is 0 Å². The van der Waals surface area contributed by atoms with Crippen LogP contribution < -0.4 is 11.5 Å². The second kappa shape index (κ2) is 5.05. The van der Waals surface area contributed by atoms with Crippen LogP contribution in [0.15, 0.2) is 17.8 Å². The Balaban J connectivity index is 2.87. The summed E-state index contributed by atoms with van der Waals surface area (Å²) in [6.45, 7) is 3.58. The highest BCUT2D eigenvalue weighted by Gasteiger charge is 2.16. The van der Waals surface area contributed by atoms with Gasteiger partial charge in [0.1, 0.15) is 6.61 Å². The monoisotopic (exact) mass is 227 g/mol. The number of oxime groups is 1. The summed E-state index contributed by atoms with van der Waals surface area (Å²) in [5.41, 5.74) is 10.3. The second-order valence-corrected chi connectivity index (χ2v) is 3.13. The van der Waals surface area contributed by atoms with Gasteiger partial charge in [-0.05, 0) is 0 Å². The quantitative estimate of drug-likeness (QED) is 0.305. The molecule has 15 heavy (non-hydrogen) atoms. The van der Waals surface area contributed by atoms with E-state index in [2.05, 4.69) is 21.1 Å². The molecule has 0 saturated carbocycles. The Morgan fingerprint density at radius 1 is 1.73 bits per heavy atom. The zero-order valence-corrected chi connectivity index (χ0v) is 8.53. The molecule has 0 spiro atoms. The topological polar surface area (TPSA) is 116 Å². The van der Waals surface area contributed by atoms with Crippen molar-refractivity contribution in [2.75, 3.05) is 12.3 Å². The third kappa shape index (κ3) is 3.02. The number of carbonyl (C=O) groups is 1. The van der Waals surface area contributed by atoms with Gasteiger partial charge in [0.15, 0.2) is 5.13 Å². The summed E-state index contributed by atoms with van der Waals surface area (Å²) in [7, 11) is 0. The summed E-state index contributed by atoms with van der Waals surface area (Å²) >= 11 is 0.942. The van der Waals surface area contributed by atoms with Crippen molar-refractivity contribution in [1.29, 1.82) is 0 Å². The van der Waals surface area contributed by atoms with E-state index >= 15 is 0 Å². The van der Waals surface area contributed by atoms with Gasteiger partial charge in [-0.2, -0.15) is 9.36 Å². The number of hydrogen-bond acceptors (Lipinski definition) is 7. The Morgan fingerprint density at radius 3 is 2.93 bits per heavy atom. The molecule has 7 nitrogen and oxygen atoms in total. The fourth-order valence-electron chi connectivity index (χ4n) is 0.682. The van der Waals surface area contributed by atoms with E-state index in [1.165, 1.54) is 6.08 Å². The third-order valence-corrected chi connectivity index (χ3v) is 1.78.